The van der Waals surface area contributed by atoms with Crippen LogP contribution in [0.5, 0.6) is 0 Å². The van der Waals surface area contributed by atoms with Gasteiger partial charge in [0.25, 0.3) is 0 Å². The SMILES string of the molecule is CC(C)c1ccc(CC2CNCC(=O)N2C)cc1. The maximum absolute atomic E-state index is 11.6. The van der Waals surface area contributed by atoms with Crippen molar-refractivity contribution in [3.8, 4) is 0 Å². The Balaban J connectivity index is 2.02. The maximum Gasteiger partial charge on any atom is 0.236 e. The van der Waals surface area contributed by atoms with Crippen LogP contribution < -0.4 is 5.32 Å². The fourth-order valence-corrected chi connectivity index (χ4v) is 2.33. The van der Waals surface area contributed by atoms with Crippen LogP contribution in [0.25, 0.3) is 0 Å². The van der Waals surface area contributed by atoms with E-state index in [0.717, 1.165) is 13.0 Å². The van der Waals surface area contributed by atoms with E-state index >= 15 is 0 Å². The van der Waals surface area contributed by atoms with Gasteiger partial charge in [-0.1, -0.05) is 38.1 Å². The summed E-state index contributed by atoms with van der Waals surface area (Å²) < 4.78 is 0. The summed E-state index contributed by atoms with van der Waals surface area (Å²) in [5.74, 6) is 0.754. The van der Waals surface area contributed by atoms with Gasteiger partial charge in [-0.15, -0.1) is 0 Å². The van der Waals surface area contributed by atoms with Crippen LogP contribution in [0.2, 0.25) is 0 Å². The summed E-state index contributed by atoms with van der Waals surface area (Å²) >= 11 is 0. The fraction of sp³-hybridized carbons (Fsp3) is 0.533. The minimum Gasteiger partial charge on any atom is -0.340 e. The molecular weight excluding hydrogens is 224 g/mol. The number of rotatable bonds is 3. The number of nitrogens with zero attached hydrogens (tertiary/aromatic N) is 1. The molecule has 0 radical (unpaired) electrons. The summed E-state index contributed by atoms with van der Waals surface area (Å²) in [4.78, 5) is 13.5. The van der Waals surface area contributed by atoms with Crippen LogP contribution in [-0.2, 0) is 11.2 Å². The number of amides is 1. The number of benzene rings is 1. The summed E-state index contributed by atoms with van der Waals surface area (Å²) in [5.41, 5.74) is 2.66. The van der Waals surface area contributed by atoms with Gasteiger partial charge in [-0.25, -0.2) is 0 Å². The Labute approximate surface area is 109 Å². The lowest BCUT2D eigenvalue weighted by Crippen LogP contribution is -2.53. The molecule has 1 saturated heterocycles. The van der Waals surface area contributed by atoms with Crippen molar-refractivity contribution in [2.45, 2.75) is 32.2 Å². The third-order valence-corrected chi connectivity index (χ3v) is 3.72. The van der Waals surface area contributed by atoms with Gasteiger partial charge in [-0.2, -0.15) is 0 Å². The van der Waals surface area contributed by atoms with E-state index in [1.165, 1.54) is 11.1 Å². The molecule has 98 valence electrons. The predicted octanol–water partition coefficient (Wildman–Crippen LogP) is 1.78. The summed E-state index contributed by atoms with van der Waals surface area (Å²) in [5, 5.41) is 3.17. The van der Waals surface area contributed by atoms with Gasteiger partial charge in [-0.3, -0.25) is 4.79 Å². The van der Waals surface area contributed by atoms with Crippen LogP contribution in [0.15, 0.2) is 24.3 Å². The van der Waals surface area contributed by atoms with Gasteiger partial charge in [0.05, 0.1) is 6.54 Å². The normalized spacial score (nSPS) is 20.6. The molecule has 1 aromatic carbocycles. The van der Waals surface area contributed by atoms with Crippen LogP contribution in [-0.4, -0.2) is 37.0 Å². The highest BCUT2D eigenvalue weighted by Gasteiger charge is 2.24. The number of nitrogens with one attached hydrogen (secondary N) is 1. The van der Waals surface area contributed by atoms with Crippen molar-refractivity contribution in [3.63, 3.8) is 0 Å². The third kappa shape index (κ3) is 2.91. The monoisotopic (exact) mass is 246 g/mol. The molecule has 3 heteroatoms. The van der Waals surface area contributed by atoms with E-state index in [1.54, 1.807) is 0 Å². The molecule has 1 aromatic rings. The van der Waals surface area contributed by atoms with Gasteiger partial charge < -0.3 is 10.2 Å². The Morgan fingerprint density at radius 2 is 2.00 bits per heavy atom. The number of carbonyl (C=O) groups is 1. The maximum atomic E-state index is 11.6. The molecule has 0 aliphatic carbocycles. The van der Waals surface area contributed by atoms with Crippen molar-refractivity contribution in [2.24, 2.45) is 0 Å². The van der Waals surface area contributed by atoms with E-state index in [0.29, 0.717) is 12.5 Å². The molecular formula is C15H22N2O. The Bertz CT molecular complexity index is 411. The Morgan fingerprint density at radius 3 is 2.61 bits per heavy atom. The molecule has 1 heterocycles. The van der Waals surface area contributed by atoms with Crippen molar-refractivity contribution in [1.82, 2.24) is 10.2 Å². The topological polar surface area (TPSA) is 32.3 Å². The van der Waals surface area contributed by atoms with E-state index in [9.17, 15) is 4.79 Å². The first-order chi connectivity index (χ1) is 8.58. The number of piperazine rings is 1. The van der Waals surface area contributed by atoms with Crippen LogP contribution in [0.3, 0.4) is 0 Å². The van der Waals surface area contributed by atoms with Gasteiger partial charge in [0.1, 0.15) is 0 Å². The van der Waals surface area contributed by atoms with Crippen LogP contribution in [0.1, 0.15) is 30.9 Å². The van der Waals surface area contributed by atoms with Crippen molar-refractivity contribution in [3.05, 3.63) is 35.4 Å². The van der Waals surface area contributed by atoms with Crippen molar-refractivity contribution >= 4 is 5.91 Å². The molecule has 1 aliphatic heterocycles. The van der Waals surface area contributed by atoms with Crippen molar-refractivity contribution in [1.29, 1.82) is 0 Å². The van der Waals surface area contributed by atoms with Crippen LogP contribution >= 0.6 is 0 Å². The number of carbonyl (C=O) groups excluding carboxylic acids is 1. The second kappa shape index (κ2) is 5.53. The molecule has 1 atom stereocenters. The molecule has 0 saturated carbocycles. The summed E-state index contributed by atoms with van der Waals surface area (Å²) in [6, 6.07) is 9.02. The second-order valence-corrected chi connectivity index (χ2v) is 5.39. The van der Waals surface area contributed by atoms with Crippen LogP contribution in [0.4, 0.5) is 0 Å². The van der Waals surface area contributed by atoms with Gasteiger partial charge in [-0.05, 0) is 23.5 Å². The minimum atomic E-state index is 0.185. The first kappa shape index (κ1) is 13.1. The standard InChI is InChI=1S/C15H22N2O/c1-11(2)13-6-4-12(5-7-13)8-14-9-16-10-15(18)17(14)3/h4-7,11,14,16H,8-10H2,1-3H3. The Morgan fingerprint density at radius 1 is 1.33 bits per heavy atom. The highest BCUT2D eigenvalue weighted by Crippen LogP contribution is 2.16. The number of hydrogen-bond donors (Lipinski definition) is 1. The van der Waals surface area contributed by atoms with Crippen LogP contribution in [0, 0.1) is 0 Å². The van der Waals surface area contributed by atoms with E-state index < -0.39 is 0 Å². The largest absolute Gasteiger partial charge is 0.340 e. The fourth-order valence-electron chi connectivity index (χ4n) is 2.33. The minimum absolute atomic E-state index is 0.185. The lowest BCUT2D eigenvalue weighted by atomic mass is 9.98. The van der Waals surface area contributed by atoms with E-state index in [-0.39, 0.29) is 11.9 Å². The highest BCUT2D eigenvalue weighted by atomic mass is 16.2. The molecule has 1 unspecified atom stereocenters. The summed E-state index contributed by atoms with van der Waals surface area (Å²) in [6.45, 7) is 5.76. The number of hydrogen-bond acceptors (Lipinski definition) is 2. The molecule has 1 amide bonds. The molecule has 1 N–H and O–H groups in total. The second-order valence-electron chi connectivity index (χ2n) is 5.39. The van der Waals surface area contributed by atoms with E-state index in [4.69, 9.17) is 0 Å². The number of likely N-dealkylation sites (N-methyl/N-ethyl adjacent to an activating group) is 1. The molecule has 2 rings (SSSR count). The van der Waals surface area contributed by atoms with Crippen molar-refractivity contribution in [2.75, 3.05) is 20.1 Å². The molecule has 3 nitrogen and oxygen atoms in total. The molecule has 1 aliphatic rings. The van der Waals surface area contributed by atoms with E-state index in [2.05, 4.69) is 43.4 Å². The third-order valence-electron chi connectivity index (χ3n) is 3.72. The first-order valence-electron chi connectivity index (χ1n) is 6.63. The average molecular weight is 246 g/mol. The van der Waals surface area contributed by atoms with Gasteiger partial charge in [0.2, 0.25) is 5.91 Å². The lowest BCUT2D eigenvalue weighted by Gasteiger charge is -2.33. The predicted molar refractivity (Wildman–Crippen MR) is 73.7 cm³/mol. The zero-order chi connectivity index (χ0) is 13.1. The molecule has 1 fully saturated rings. The lowest BCUT2D eigenvalue weighted by molar-refractivity contribution is -0.133. The smallest absolute Gasteiger partial charge is 0.236 e. The Kier molecular flexibility index (Phi) is 4.02. The summed E-state index contributed by atoms with van der Waals surface area (Å²) in [7, 11) is 1.90. The first-order valence-corrected chi connectivity index (χ1v) is 6.63. The van der Waals surface area contributed by atoms with Gasteiger partial charge in [0.15, 0.2) is 0 Å². The molecule has 0 spiro atoms. The zero-order valence-corrected chi connectivity index (χ0v) is 11.4. The molecule has 0 aromatic heterocycles. The zero-order valence-electron chi connectivity index (χ0n) is 11.4. The van der Waals surface area contributed by atoms with Crippen molar-refractivity contribution < 1.29 is 4.79 Å². The quantitative estimate of drug-likeness (QED) is 0.882. The molecule has 0 bridgehead atoms. The van der Waals surface area contributed by atoms with Gasteiger partial charge >= 0.3 is 0 Å². The highest BCUT2D eigenvalue weighted by molar-refractivity contribution is 5.79. The molecule has 18 heavy (non-hydrogen) atoms. The van der Waals surface area contributed by atoms with E-state index in [1.807, 2.05) is 11.9 Å². The Hall–Kier alpha value is -1.35. The van der Waals surface area contributed by atoms with Gasteiger partial charge in [0, 0.05) is 19.6 Å². The average Bonchev–Trinajstić information content (AvgIpc) is 2.36. The summed E-state index contributed by atoms with van der Waals surface area (Å²) in [6.07, 6.45) is 0.924.